The minimum absolute atomic E-state index is 0.0848. The maximum absolute atomic E-state index is 13.1. The van der Waals surface area contributed by atoms with Gasteiger partial charge in [-0.15, -0.1) is 6.42 Å². The molecule has 0 bridgehead atoms. The van der Waals surface area contributed by atoms with Crippen LogP contribution >= 0.6 is 0 Å². The second kappa shape index (κ2) is 6.13. The summed E-state index contributed by atoms with van der Waals surface area (Å²) in [5.41, 5.74) is 1.65. The number of esters is 1. The molecule has 4 heteroatoms. The topological polar surface area (TPSA) is 35.5 Å². The Hall–Kier alpha value is -2.80. The largest absolute Gasteiger partial charge is 0.481 e. The monoisotopic (exact) mass is 310 g/mol. The first-order chi connectivity index (χ1) is 11.1. The summed E-state index contributed by atoms with van der Waals surface area (Å²) in [6.45, 7) is 2.11. The molecule has 0 amide bonds. The maximum Gasteiger partial charge on any atom is 0.319 e. The summed E-state index contributed by atoms with van der Waals surface area (Å²) in [5.74, 6) is 2.19. The van der Waals surface area contributed by atoms with E-state index in [0.29, 0.717) is 11.5 Å². The second-order valence-electron chi connectivity index (χ2n) is 5.43. The highest BCUT2D eigenvalue weighted by molar-refractivity contribution is 5.84. The Kier molecular flexibility index (Phi) is 4.03. The Bertz CT molecular complexity index is 774. The second-order valence-corrected chi connectivity index (χ2v) is 5.43. The van der Waals surface area contributed by atoms with Crippen LogP contribution in [0.4, 0.5) is 4.39 Å². The zero-order valence-electron chi connectivity index (χ0n) is 12.6. The van der Waals surface area contributed by atoms with Gasteiger partial charge in [-0.3, -0.25) is 4.79 Å². The Morgan fingerprint density at radius 1 is 1.26 bits per heavy atom. The number of fused-ring (bicyclic) bond motifs is 1. The van der Waals surface area contributed by atoms with Crippen molar-refractivity contribution in [3.05, 3.63) is 59.4 Å². The molecule has 3 nitrogen and oxygen atoms in total. The van der Waals surface area contributed by atoms with Gasteiger partial charge in [0.05, 0.1) is 5.92 Å². The van der Waals surface area contributed by atoms with Crippen molar-refractivity contribution in [2.75, 3.05) is 6.61 Å². The zero-order valence-corrected chi connectivity index (χ0v) is 12.6. The van der Waals surface area contributed by atoms with Crippen molar-refractivity contribution >= 4 is 5.97 Å². The molecule has 0 radical (unpaired) electrons. The highest BCUT2D eigenvalue weighted by Gasteiger charge is 2.36. The van der Waals surface area contributed by atoms with Crippen LogP contribution in [0.1, 0.15) is 29.9 Å². The number of carbonyl (C=O) groups is 1. The van der Waals surface area contributed by atoms with Gasteiger partial charge in [-0.2, -0.15) is 0 Å². The van der Waals surface area contributed by atoms with Gasteiger partial charge >= 0.3 is 5.97 Å². The third-order valence-electron chi connectivity index (χ3n) is 3.99. The van der Waals surface area contributed by atoms with Gasteiger partial charge in [0.25, 0.3) is 0 Å². The predicted octanol–water partition coefficient (Wildman–Crippen LogP) is 3.64. The highest BCUT2D eigenvalue weighted by atomic mass is 19.1. The summed E-state index contributed by atoms with van der Waals surface area (Å²) in [4.78, 5) is 12.4. The summed E-state index contributed by atoms with van der Waals surface area (Å²) < 4.78 is 23.9. The molecule has 0 aromatic heterocycles. The zero-order chi connectivity index (χ0) is 16.4. The standard InChI is InChI=1S/C19H15FO3/c1-3-10-22-15-8-9-16-12(2)18(19(21)23-17(16)11-15)13-4-6-14(20)7-5-13/h1,4-9,11-12,18H,10H2,2H3. The first-order valence-corrected chi connectivity index (χ1v) is 7.27. The molecular formula is C19H15FO3. The molecule has 0 saturated carbocycles. The normalized spacial score (nSPS) is 19.4. The first kappa shape index (κ1) is 15.1. The molecule has 0 fully saturated rings. The number of hydrogen-bond acceptors (Lipinski definition) is 3. The molecule has 23 heavy (non-hydrogen) atoms. The van der Waals surface area contributed by atoms with E-state index in [2.05, 4.69) is 5.92 Å². The van der Waals surface area contributed by atoms with E-state index >= 15 is 0 Å². The summed E-state index contributed by atoms with van der Waals surface area (Å²) in [6, 6.07) is 11.3. The van der Waals surface area contributed by atoms with Gasteiger partial charge in [0.1, 0.15) is 23.9 Å². The molecule has 1 heterocycles. The number of ether oxygens (including phenoxy) is 2. The van der Waals surface area contributed by atoms with E-state index < -0.39 is 5.92 Å². The number of rotatable bonds is 3. The van der Waals surface area contributed by atoms with Crippen molar-refractivity contribution in [1.82, 2.24) is 0 Å². The van der Waals surface area contributed by atoms with Gasteiger partial charge in [-0.05, 0) is 29.3 Å². The lowest BCUT2D eigenvalue weighted by Gasteiger charge is -2.30. The molecule has 0 aliphatic carbocycles. The molecular weight excluding hydrogens is 295 g/mol. The van der Waals surface area contributed by atoms with E-state index in [9.17, 15) is 9.18 Å². The van der Waals surface area contributed by atoms with E-state index in [1.807, 2.05) is 13.0 Å². The first-order valence-electron chi connectivity index (χ1n) is 7.27. The van der Waals surface area contributed by atoms with E-state index in [1.165, 1.54) is 12.1 Å². The number of terminal acetylenes is 1. The average Bonchev–Trinajstić information content (AvgIpc) is 2.54. The molecule has 0 N–H and O–H groups in total. The molecule has 0 saturated heterocycles. The Labute approximate surface area is 134 Å². The molecule has 1 aliphatic heterocycles. The van der Waals surface area contributed by atoms with E-state index in [0.717, 1.165) is 11.1 Å². The van der Waals surface area contributed by atoms with Gasteiger partial charge in [-0.25, -0.2) is 4.39 Å². The fourth-order valence-electron chi connectivity index (χ4n) is 2.84. The van der Waals surface area contributed by atoms with Gasteiger partial charge < -0.3 is 9.47 Å². The van der Waals surface area contributed by atoms with Gasteiger partial charge in [0.2, 0.25) is 0 Å². The molecule has 2 unspecified atom stereocenters. The number of carbonyl (C=O) groups excluding carboxylic acids is 1. The Morgan fingerprint density at radius 3 is 2.70 bits per heavy atom. The van der Waals surface area contributed by atoms with Crippen LogP contribution in [0.15, 0.2) is 42.5 Å². The molecule has 2 atom stereocenters. The summed E-state index contributed by atoms with van der Waals surface area (Å²) in [5, 5.41) is 0. The van der Waals surface area contributed by atoms with E-state index in [4.69, 9.17) is 15.9 Å². The third kappa shape index (κ3) is 2.91. The van der Waals surface area contributed by atoms with Crippen molar-refractivity contribution in [3.63, 3.8) is 0 Å². The summed E-state index contributed by atoms with van der Waals surface area (Å²) >= 11 is 0. The minimum Gasteiger partial charge on any atom is -0.481 e. The number of halogens is 1. The molecule has 0 spiro atoms. The van der Waals surface area contributed by atoms with Crippen molar-refractivity contribution in [2.45, 2.75) is 18.8 Å². The minimum atomic E-state index is -0.458. The van der Waals surface area contributed by atoms with Gasteiger partial charge in [0.15, 0.2) is 0 Å². The fourth-order valence-corrected chi connectivity index (χ4v) is 2.84. The van der Waals surface area contributed by atoms with Crippen LogP contribution < -0.4 is 9.47 Å². The summed E-state index contributed by atoms with van der Waals surface area (Å²) in [7, 11) is 0. The van der Waals surface area contributed by atoms with Gasteiger partial charge in [-0.1, -0.05) is 31.0 Å². The van der Waals surface area contributed by atoms with Crippen molar-refractivity contribution in [2.24, 2.45) is 0 Å². The molecule has 2 aromatic carbocycles. The molecule has 3 rings (SSSR count). The van der Waals surface area contributed by atoms with E-state index in [-0.39, 0.29) is 24.3 Å². The lowest BCUT2D eigenvalue weighted by molar-refractivity contribution is -0.137. The molecule has 1 aliphatic rings. The highest BCUT2D eigenvalue weighted by Crippen LogP contribution is 2.43. The lowest BCUT2D eigenvalue weighted by atomic mass is 9.80. The smallest absolute Gasteiger partial charge is 0.319 e. The van der Waals surface area contributed by atoms with Crippen LogP contribution in [-0.2, 0) is 4.79 Å². The van der Waals surface area contributed by atoms with Crippen LogP contribution in [0.2, 0.25) is 0 Å². The van der Waals surface area contributed by atoms with Gasteiger partial charge in [0, 0.05) is 12.0 Å². The molecule has 2 aromatic rings. The molecule has 116 valence electrons. The van der Waals surface area contributed by atoms with Crippen molar-refractivity contribution in [1.29, 1.82) is 0 Å². The lowest BCUT2D eigenvalue weighted by Crippen LogP contribution is -2.28. The quantitative estimate of drug-likeness (QED) is 0.493. The van der Waals surface area contributed by atoms with Crippen LogP contribution in [0.3, 0.4) is 0 Å². The number of benzene rings is 2. The van der Waals surface area contributed by atoms with Crippen LogP contribution in [-0.4, -0.2) is 12.6 Å². The Balaban J connectivity index is 1.93. The van der Waals surface area contributed by atoms with Crippen molar-refractivity contribution < 1.29 is 18.7 Å². The predicted molar refractivity (Wildman–Crippen MR) is 84.0 cm³/mol. The van der Waals surface area contributed by atoms with Crippen LogP contribution in [0, 0.1) is 18.2 Å². The van der Waals surface area contributed by atoms with Crippen LogP contribution in [0.5, 0.6) is 11.5 Å². The van der Waals surface area contributed by atoms with Crippen LogP contribution in [0.25, 0.3) is 0 Å². The van der Waals surface area contributed by atoms with Crippen molar-refractivity contribution in [3.8, 4) is 23.8 Å². The Morgan fingerprint density at radius 2 is 2.00 bits per heavy atom. The third-order valence-corrected chi connectivity index (χ3v) is 3.99. The summed E-state index contributed by atoms with van der Waals surface area (Å²) in [6.07, 6.45) is 5.16. The fraction of sp³-hybridized carbons (Fsp3) is 0.211. The average molecular weight is 310 g/mol. The van der Waals surface area contributed by atoms with E-state index in [1.54, 1.807) is 24.3 Å². The number of hydrogen-bond donors (Lipinski definition) is 0. The SMILES string of the molecule is C#CCOc1ccc2c(c1)OC(=O)C(c1ccc(F)cc1)C2C. The maximum atomic E-state index is 13.1.